The van der Waals surface area contributed by atoms with Gasteiger partial charge in [0.05, 0.1) is 9.35 Å². The second-order valence-electron chi connectivity index (χ2n) is 3.37. The van der Waals surface area contributed by atoms with Gasteiger partial charge in [0.1, 0.15) is 0 Å². The minimum absolute atomic E-state index is 0.343. The summed E-state index contributed by atoms with van der Waals surface area (Å²) in [7, 11) is 0. The molecule has 0 fully saturated rings. The van der Waals surface area contributed by atoms with E-state index in [9.17, 15) is 4.79 Å². The molecule has 1 aromatic carbocycles. The first-order valence-corrected chi connectivity index (χ1v) is 6.33. The summed E-state index contributed by atoms with van der Waals surface area (Å²) >= 11 is 4.74. The van der Waals surface area contributed by atoms with Gasteiger partial charge < -0.3 is 5.11 Å². The van der Waals surface area contributed by atoms with Crippen LogP contribution in [0.2, 0.25) is 0 Å². The molecule has 2 rings (SSSR count). The van der Waals surface area contributed by atoms with Gasteiger partial charge in [-0.3, -0.25) is 0 Å². The lowest BCUT2D eigenvalue weighted by Gasteiger charge is -1.96. The molecule has 4 heteroatoms. The third-order valence-corrected chi connectivity index (χ3v) is 4.03. The van der Waals surface area contributed by atoms with Crippen LogP contribution in [0.25, 0.3) is 0 Å². The number of hydrogen-bond donors (Lipinski definition) is 1. The normalized spacial score (nSPS) is 10.3. The van der Waals surface area contributed by atoms with Crippen LogP contribution in [0.1, 0.15) is 20.8 Å². The number of hydrogen-bond acceptors (Lipinski definition) is 2. The van der Waals surface area contributed by atoms with E-state index in [1.54, 1.807) is 6.07 Å². The summed E-state index contributed by atoms with van der Waals surface area (Å²) in [6.45, 7) is 0. The number of carbonyl (C=O) groups is 1. The van der Waals surface area contributed by atoms with Crippen molar-refractivity contribution in [1.82, 2.24) is 0 Å². The molecule has 0 aliphatic rings. The molecule has 0 aliphatic carbocycles. The minimum atomic E-state index is -0.887. The van der Waals surface area contributed by atoms with Crippen molar-refractivity contribution in [3.63, 3.8) is 0 Å². The number of carboxylic acid groups (broad SMARTS) is 1. The smallest absolute Gasteiger partial charge is 0.337 e. The fraction of sp³-hybridized carbons (Fsp3) is 0.0833. The Hall–Kier alpha value is -1.13. The molecule has 0 radical (unpaired) electrons. The predicted octanol–water partition coefficient (Wildman–Crippen LogP) is 3.80. The summed E-state index contributed by atoms with van der Waals surface area (Å²) in [5.74, 6) is -0.887. The molecular formula is C12H9BrO2S. The first-order chi connectivity index (χ1) is 7.66. The zero-order valence-corrected chi connectivity index (χ0v) is 10.7. The molecule has 0 atom stereocenters. The molecule has 0 spiro atoms. The van der Waals surface area contributed by atoms with E-state index < -0.39 is 5.97 Å². The largest absolute Gasteiger partial charge is 0.478 e. The fourth-order valence-electron chi connectivity index (χ4n) is 1.45. The lowest BCUT2D eigenvalue weighted by Crippen LogP contribution is -1.93. The number of aromatic carboxylic acids is 1. The van der Waals surface area contributed by atoms with Crippen molar-refractivity contribution in [2.45, 2.75) is 6.42 Å². The third-order valence-electron chi connectivity index (χ3n) is 2.19. The molecule has 0 aliphatic heterocycles. The molecule has 82 valence electrons. The highest BCUT2D eigenvalue weighted by molar-refractivity contribution is 9.11. The van der Waals surface area contributed by atoms with Gasteiger partial charge in [0, 0.05) is 11.3 Å². The van der Waals surface area contributed by atoms with Crippen LogP contribution >= 0.6 is 27.3 Å². The Morgan fingerprint density at radius 2 is 2.00 bits per heavy atom. The Labute approximate surface area is 106 Å². The average Bonchev–Trinajstić information content (AvgIpc) is 2.61. The predicted molar refractivity (Wildman–Crippen MR) is 68.2 cm³/mol. The molecule has 2 aromatic rings. The summed E-state index contributed by atoms with van der Waals surface area (Å²) in [6, 6.07) is 11.7. The maximum atomic E-state index is 10.9. The van der Waals surface area contributed by atoms with Gasteiger partial charge in [-0.1, -0.05) is 30.3 Å². The fourth-order valence-corrected chi connectivity index (χ4v) is 3.26. The first kappa shape index (κ1) is 11.4. The molecule has 1 heterocycles. The van der Waals surface area contributed by atoms with Crippen molar-refractivity contribution in [3.05, 3.63) is 56.2 Å². The SMILES string of the molecule is O=C(O)c1cc(Cc2ccccc2)sc1Br. The Morgan fingerprint density at radius 1 is 1.31 bits per heavy atom. The summed E-state index contributed by atoms with van der Waals surface area (Å²) in [5, 5.41) is 8.92. The number of halogens is 1. The van der Waals surface area contributed by atoms with Gasteiger partial charge in [0.15, 0.2) is 0 Å². The van der Waals surface area contributed by atoms with Gasteiger partial charge in [-0.2, -0.15) is 0 Å². The Bertz CT molecular complexity index is 505. The Kier molecular flexibility index (Phi) is 3.41. The van der Waals surface area contributed by atoms with Crippen LogP contribution in [0.3, 0.4) is 0 Å². The van der Waals surface area contributed by atoms with Crippen molar-refractivity contribution >= 4 is 33.2 Å². The number of benzene rings is 1. The van der Waals surface area contributed by atoms with E-state index in [1.165, 1.54) is 16.9 Å². The summed E-state index contributed by atoms with van der Waals surface area (Å²) < 4.78 is 0.686. The zero-order chi connectivity index (χ0) is 11.5. The molecule has 0 unspecified atom stereocenters. The molecule has 0 bridgehead atoms. The van der Waals surface area contributed by atoms with Crippen LogP contribution in [0.5, 0.6) is 0 Å². The van der Waals surface area contributed by atoms with Crippen LogP contribution in [0.15, 0.2) is 40.2 Å². The van der Waals surface area contributed by atoms with Gasteiger partial charge >= 0.3 is 5.97 Å². The van der Waals surface area contributed by atoms with Crippen molar-refractivity contribution in [3.8, 4) is 0 Å². The second-order valence-corrected chi connectivity index (χ2v) is 5.82. The third kappa shape index (κ3) is 2.51. The molecule has 1 N–H and O–H groups in total. The van der Waals surface area contributed by atoms with Crippen LogP contribution in [0.4, 0.5) is 0 Å². The number of carboxylic acids is 1. The van der Waals surface area contributed by atoms with Gasteiger partial charge in [0.25, 0.3) is 0 Å². The average molecular weight is 297 g/mol. The van der Waals surface area contributed by atoms with E-state index in [0.717, 1.165) is 11.3 Å². The molecule has 1 aromatic heterocycles. The van der Waals surface area contributed by atoms with Crippen LogP contribution in [-0.4, -0.2) is 11.1 Å². The van der Waals surface area contributed by atoms with Crippen molar-refractivity contribution in [2.75, 3.05) is 0 Å². The molecule has 2 nitrogen and oxygen atoms in total. The van der Waals surface area contributed by atoms with Crippen LogP contribution in [0, 0.1) is 0 Å². The monoisotopic (exact) mass is 296 g/mol. The lowest BCUT2D eigenvalue weighted by atomic mass is 10.1. The van der Waals surface area contributed by atoms with E-state index in [-0.39, 0.29) is 0 Å². The first-order valence-electron chi connectivity index (χ1n) is 4.72. The van der Waals surface area contributed by atoms with Crippen molar-refractivity contribution in [1.29, 1.82) is 0 Å². The minimum Gasteiger partial charge on any atom is -0.478 e. The van der Waals surface area contributed by atoms with E-state index >= 15 is 0 Å². The highest BCUT2D eigenvalue weighted by Gasteiger charge is 2.12. The number of rotatable bonds is 3. The lowest BCUT2D eigenvalue weighted by molar-refractivity contribution is 0.0696. The van der Waals surface area contributed by atoms with Gasteiger partial charge in [0.2, 0.25) is 0 Å². The number of thiophene rings is 1. The van der Waals surface area contributed by atoms with Crippen LogP contribution in [-0.2, 0) is 6.42 Å². The summed E-state index contributed by atoms with van der Waals surface area (Å²) in [4.78, 5) is 11.9. The van der Waals surface area contributed by atoms with Crippen LogP contribution < -0.4 is 0 Å². The van der Waals surface area contributed by atoms with E-state index in [0.29, 0.717) is 9.35 Å². The van der Waals surface area contributed by atoms with E-state index in [2.05, 4.69) is 15.9 Å². The van der Waals surface area contributed by atoms with Crippen molar-refractivity contribution < 1.29 is 9.90 Å². The molecule has 16 heavy (non-hydrogen) atoms. The maximum Gasteiger partial charge on any atom is 0.337 e. The quantitative estimate of drug-likeness (QED) is 0.935. The molecule has 0 amide bonds. The highest BCUT2D eigenvalue weighted by atomic mass is 79.9. The zero-order valence-electron chi connectivity index (χ0n) is 8.31. The van der Waals surface area contributed by atoms with Crippen molar-refractivity contribution in [2.24, 2.45) is 0 Å². The molecule has 0 saturated heterocycles. The summed E-state index contributed by atoms with van der Waals surface area (Å²) in [6.07, 6.45) is 0.775. The van der Waals surface area contributed by atoms with E-state index in [4.69, 9.17) is 5.11 Å². The van der Waals surface area contributed by atoms with E-state index in [1.807, 2.05) is 30.3 Å². The maximum absolute atomic E-state index is 10.9. The Morgan fingerprint density at radius 3 is 2.56 bits per heavy atom. The van der Waals surface area contributed by atoms with Gasteiger partial charge in [-0.15, -0.1) is 11.3 Å². The van der Waals surface area contributed by atoms with Gasteiger partial charge in [-0.25, -0.2) is 4.79 Å². The standard InChI is InChI=1S/C12H9BrO2S/c13-11-10(12(14)15)7-9(16-11)6-8-4-2-1-3-5-8/h1-5,7H,6H2,(H,14,15). The highest BCUT2D eigenvalue weighted by Crippen LogP contribution is 2.29. The second kappa shape index (κ2) is 4.80. The van der Waals surface area contributed by atoms with Gasteiger partial charge in [-0.05, 0) is 27.6 Å². The summed E-state index contributed by atoms with van der Waals surface area (Å²) in [5.41, 5.74) is 1.53. The molecular weight excluding hydrogens is 288 g/mol. The Balaban J connectivity index is 2.23. The molecule has 0 saturated carbocycles. The topological polar surface area (TPSA) is 37.3 Å².